The summed E-state index contributed by atoms with van der Waals surface area (Å²) in [5, 5.41) is 7.11. The zero-order valence-electron chi connectivity index (χ0n) is 26.4. The average molecular weight is 575 g/mol. The molecule has 0 atom stereocenters. The molecule has 40 heavy (non-hydrogen) atoms. The lowest BCUT2D eigenvalue weighted by Gasteiger charge is -2.22. The van der Waals surface area contributed by atoms with Crippen LogP contribution in [0.5, 0.6) is 0 Å². The van der Waals surface area contributed by atoms with Crippen LogP contribution in [0.25, 0.3) is 0 Å². The number of nitrogens with zero attached hydrogens (tertiary/aromatic N) is 2. The normalized spacial score (nSPS) is 12.1. The van der Waals surface area contributed by atoms with E-state index < -0.39 is 46.8 Å². The maximum atomic E-state index is 11.7. The van der Waals surface area contributed by atoms with Crippen molar-refractivity contribution in [2.45, 2.75) is 119 Å². The fourth-order valence-electron chi connectivity index (χ4n) is 2.09. The van der Waals surface area contributed by atoms with Gasteiger partial charge in [-0.25, -0.2) is 19.2 Å². The number of carbonyl (C=O) groups excluding carboxylic acids is 4. The van der Waals surface area contributed by atoms with Gasteiger partial charge < -0.3 is 24.7 Å². The number of carbonyl (C=O) groups is 4. The fourth-order valence-corrected chi connectivity index (χ4v) is 2.09. The number of amidine groups is 1. The third-order valence-corrected chi connectivity index (χ3v) is 3.21. The third-order valence-electron chi connectivity index (χ3n) is 3.21. The van der Waals surface area contributed by atoms with Gasteiger partial charge in [0, 0.05) is 6.54 Å². The van der Waals surface area contributed by atoms with Gasteiger partial charge >= 0.3 is 24.4 Å². The first-order chi connectivity index (χ1) is 17.8. The highest BCUT2D eigenvalue weighted by molar-refractivity contribution is 6.01. The van der Waals surface area contributed by atoms with E-state index in [1.807, 2.05) is 0 Å². The molecule has 232 valence electrons. The van der Waals surface area contributed by atoms with E-state index in [0.717, 1.165) is 0 Å². The van der Waals surface area contributed by atoms with E-state index in [1.165, 1.54) is 6.92 Å². The standard InChI is InChI=1S/C14H28N4O4.C12H22N2O4/c1-13(2,3)21-11(19)17-10(16-9-7-8-15)18-12(20)22-14(4,5)6;1-8(13-9(15)17-11(2,3)4)14-10(16)18-12(5,6)7/h7-9,15H2,1-6H3,(H2,16,17,18,19,20);1-7H3,(H,13,14,15,16). The average Bonchev–Trinajstić information content (AvgIpc) is 2.61. The molecular formula is C26H50N6O8. The number of aliphatic imine (C=N–C) groups is 2. The van der Waals surface area contributed by atoms with Crippen molar-refractivity contribution in [1.82, 2.24) is 16.0 Å². The number of ether oxygens (including phenoxy) is 4. The smallest absolute Gasteiger partial charge is 0.435 e. The maximum Gasteiger partial charge on any atom is 0.435 e. The molecule has 0 fully saturated rings. The minimum atomic E-state index is -0.754. The van der Waals surface area contributed by atoms with Crippen molar-refractivity contribution in [3.05, 3.63) is 0 Å². The number of guanidine groups is 1. The van der Waals surface area contributed by atoms with Crippen molar-refractivity contribution in [1.29, 1.82) is 0 Å². The Morgan fingerprint density at radius 1 is 0.625 bits per heavy atom. The molecule has 0 aromatic carbocycles. The van der Waals surface area contributed by atoms with Crippen LogP contribution in [0.2, 0.25) is 0 Å². The molecule has 0 heterocycles. The largest absolute Gasteiger partial charge is 0.444 e. The number of hydrogen-bond donors (Lipinski definition) is 4. The summed E-state index contributed by atoms with van der Waals surface area (Å²) in [5.41, 5.74) is 2.86. The SMILES string of the molecule is CC(=NC(=O)OC(C)(C)C)NC(=O)OC(C)(C)C.CC(C)(C)OC(=O)NC(=NCCCN)NC(=O)OC(C)(C)C. The summed E-state index contributed by atoms with van der Waals surface area (Å²) in [4.78, 5) is 53.8. The minimum absolute atomic E-state index is 0.0306. The molecule has 0 aromatic rings. The van der Waals surface area contributed by atoms with E-state index in [2.05, 4.69) is 25.9 Å². The van der Waals surface area contributed by atoms with Gasteiger partial charge in [0.2, 0.25) is 5.96 Å². The molecule has 0 aromatic heterocycles. The van der Waals surface area contributed by atoms with E-state index in [9.17, 15) is 19.2 Å². The Hall–Kier alpha value is -3.42. The van der Waals surface area contributed by atoms with Crippen molar-refractivity contribution in [2.75, 3.05) is 13.1 Å². The van der Waals surface area contributed by atoms with Gasteiger partial charge in [0.05, 0.1) is 0 Å². The van der Waals surface area contributed by atoms with Crippen LogP contribution in [0, 0.1) is 0 Å². The molecule has 0 unspecified atom stereocenters. The molecular weight excluding hydrogens is 524 g/mol. The van der Waals surface area contributed by atoms with Crippen LogP contribution >= 0.6 is 0 Å². The Labute approximate surface area is 238 Å². The van der Waals surface area contributed by atoms with Crippen LogP contribution in [-0.4, -0.2) is 71.7 Å². The van der Waals surface area contributed by atoms with E-state index in [0.29, 0.717) is 19.5 Å². The molecule has 0 rings (SSSR count). The fraction of sp³-hybridized carbons (Fsp3) is 0.769. The lowest BCUT2D eigenvalue weighted by molar-refractivity contribution is 0.0530. The number of nitrogens with one attached hydrogen (secondary N) is 3. The Morgan fingerprint density at radius 3 is 1.30 bits per heavy atom. The molecule has 0 saturated carbocycles. The number of rotatable bonds is 3. The first kappa shape index (κ1) is 38.7. The summed E-state index contributed by atoms with van der Waals surface area (Å²) >= 11 is 0. The summed E-state index contributed by atoms with van der Waals surface area (Å²) in [5.74, 6) is 0.0930. The quantitative estimate of drug-likeness (QED) is 0.161. The highest BCUT2D eigenvalue weighted by Crippen LogP contribution is 2.09. The summed E-state index contributed by atoms with van der Waals surface area (Å²) < 4.78 is 20.2. The molecule has 4 amide bonds. The van der Waals surface area contributed by atoms with E-state index in [4.69, 9.17) is 24.7 Å². The molecule has 0 spiro atoms. The second-order valence-corrected chi connectivity index (χ2v) is 12.4. The first-order valence-electron chi connectivity index (χ1n) is 12.8. The van der Waals surface area contributed by atoms with Crippen molar-refractivity contribution >= 4 is 36.2 Å². The van der Waals surface area contributed by atoms with Gasteiger partial charge in [-0.1, -0.05) is 0 Å². The van der Waals surface area contributed by atoms with Crippen LogP contribution in [0.3, 0.4) is 0 Å². The Morgan fingerprint density at radius 2 is 0.975 bits per heavy atom. The molecule has 0 aliphatic rings. The lowest BCUT2D eigenvalue weighted by atomic mass is 10.2. The molecule has 0 radical (unpaired) electrons. The molecule has 0 aliphatic heterocycles. The van der Waals surface area contributed by atoms with Crippen molar-refractivity contribution in [3.8, 4) is 0 Å². The number of nitrogens with two attached hydrogens (primary N) is 1. The zero-order valence-corrected chi connectivity index (χ0v) is 26.4. The van der Waals surface area contributed by atoms with Crippen LogP contribution in [-0.2, 0) is 18.9 Å². The van der Waals surface area contributed by atoms with Crippen LogP contribution in [0.4, 0.5) is 19.2 Å². The van der Waals surface area contributed by atoms with Crippen molar-refractivity contribution in [3.63, 3.8) is 0 Å². The van der Waals surface area contributed by atoms with Crippen LogP contribution < -0.4 is 21.7 Å². The summed E-state index contributed by atoms with van der Waals surface area (Å²) in [7, 11) is 0. The van der Waals surface area contributed by atoms with Crippen LogP contribution in [0.15, 0.2) is 9.98 Å². The van der Waals surface area contributed by atoms with Gasteiger partial charge in [-0.05, 0) is 103 Å². The predicted molar refractivity (Wildman–Crippen MR) is 153 cm³/mol. The number of hydrogen-bond acceptors (Lipinski definition) is 10. The van der Waals surface area contributed by atoms with E-state index in [1.54, 1.807) is 83.1 Å². The number of alkyl carbamates (subject to hydrolysis) is 3. The number of amides is 4. The molecule has 5 N–H and O–H groups in total. The molecule has 14 nitrogen and oxygen atoms in total. The highest BCUT2D eigenvalue weighted by atomic mass is 16.6. The van der Waals surface area contributed by atoms with Gasteiger partial charge in [-0.3, -0.25) is 20.9 Å². The Balaban J connectivity index is 0. The van der Waals surface area contributed by atoms with Gasteiger partial charge in [0.15, 0.2) is 0 Å². The minimum Gasteiger partial charge on any atom is -0.444 e. The van der Waals surface area contributed by atoms with Gasteiger partial charge in [-0.2, -0.15) is 4.99 Å². The Kier molecular flexibility index (Phi) is 16.1. The molecule has 14 heteroatoms. The first-order valence-corrected chi connectivity index (χ1v) is 12.8. The summed E-state index contributed by atoms with van der Waals surface area (Å²) in [6.45, 7) is 23.1. The van der Waals surface area contributed by atoms with Gasteiger partial charge in [-0.15, -0.1) is 0 Å². The zero-order chi connectivity index (χ0) is 31.9. The molecule has 0 saturated heterocycles. The molecule has 0 bridgehead atoms. The lowest BCUT2D eigenvalue weighted by Crippen LogP contribution is -2.47. The third kappa shape index (κ3) is 27.6. The summed E-state index contributed by atoms with van der Waals surface area (Å²) in [6.07, 6.45) is -2.22. The second kappa shape index (κ2) is 16.6. The monoisotopic (exact) mass is 574 g/mol. The molecule has 0 aliphatic carbocycles. The predicted octanol–water partition coefficient (Wildman–Crippen LogP) is 4.61. The maximum absolute atomic E-state index is 11.7. The van der Waals surface area contributed by atoms with Crippen molar-refractivity contribution in [2.24, 2.45) is 15.7 Å². The van der Waals surface area contributed by atoms with Crippen LogP contribution in [0.1, 0.15) is 96.4 Å². The second-order valence-electron chi connectivity index (χ2n) is 12.4. The van der Waals surface area contributed by atoms with Crippen molar-refractivity contribution < 1.29 is 38.1 Å². The highest BCUT2D eigenvalue weighted by Gasteiger charge is 2.21. The topological polar surface area (TPSA) is 192 Å². The summed E-state index contributed by atoms with van der Waals surface area (Å²) in [6, 6.07) is 0. The van der Waals surface area contributed by atoms with E-state index in [-0.39, 0.29) is 11.8 Å². The van der Waals surface area contributed by atoms with Gasteiger partial charge in [0.1, 0.15) is 28.2 Å². The Bertz CT molecular complexity index is 872. The van der Waals surface area contributed by atoms with E-state index >= 15 is 0 Å². The van der Waals surface area contributed by atoms with Gasteiger partial charge in [0.25, 0.3) is 0 Å².